The normalized spacial score (nSPS) is 14.5. The fourth-order valence-electron chi connectivity index (χ4n) is 3.41. The molecule has 0 amide bonds. The van der Waals surface area contributed by atoms with Crippen molar-refractivity contribution in [3.8, 4) is 11.5 Å². The zero-order valence-corrected chi connectivity index (χ0v) is 16.0. The van der Waals surface area contributed by atoms with Gasteiger partial charge >= 0.3 is 0 Å². The summed E-state index contributed by atoms with van der Waals surface area (Å²) in [6.07, 6.45) is 6.03. The van der Waals surface area contributed by atoms with E-state index in [1.54, 1.807) is 0 Å². The van der Waals surface area contributed by atoms with Crippen molar-refractivity contribution < 1.29 is 9.47 Å². The number of hydrogen-bond acceptors (Lipinski definition) is 3. The molecular weight excluding hydrogens is 322 g/mol. The zero-order chi connectivity index (χ0) is 18.0. The van der Waals surface area contributed by atoms with Gasteiger partial charge in [-0.1, -0.05) is 24.3 Å². The number of rotatable bonds is 10. The highest BCUT2D eigenvalue weighted by molar-refractivity contribution is 5.28. The Kier molecular flexibility index (Phi) is 7.38. The van der Waals surface area contributed by atoms with E-state index in [1.807, 2.05) is 12.1 Å². The Balaban J connectivity index is 1.28. The quantitative estimate of drug-likeness (QED) is 0.569. The highest BCUT2D eigenvalue weighted by atomic mass is 16.5. The van der Waals surface area contributed by atoms with Crippen LogP contribution in [0, 0.1) is 6.92 Å². The molecule has 0 unspecified atom stereocenters. The van der Waals surface area contributed by atoms with Gasteiger partial charge in [0.25, 0.3) is 0 Å². The minimum absolute atomic E-state index is 0.679. The molecule has 0 saturated carbocycles. The second kappa shape index (κ2) is 10.2. The van der Waals surface area contributed by atoms with Gasteiger partial charge in [-0.3, -0.25) is 0 Å². The molecule has 0 aromatic heterocycles. The highest BCUT2D eigenvalue weighted by Gasteiger charge is 2.10. The molecule has 1 aliphatic heterocycles. The van der Waals surface area contributed by atoms with Gasteiger partial charge in [-0.05, 0) is 87.6 Å². The van der Waals surface area contributed by atoms with Crippen molar-refractivity contribution in [1.29, 1.82) is 0 Å². The van der Waals surface area contributed by atoms with Crippen molar-refractivity contribution in [1.82, 2.24) is 4.90 Å². The number of benzene rings is 2. The Bertz CT molecular complexity index is 648. The van der Waals surface area contributed by atoms with Gasteiger partial charge in [0.2, 0.25) is 0 Å². The van der Waals surface area contributed by atoms with Crippen molar-refractivity contribution >= 4 is 0 Å². The van der Waals surface area contributed by atoms with E-state index in [-0.39, 0.29) is 0 Å². The predicted molar refractivity (Wildman–Crippen MR) is 107 cm³/mol. The van der Waals surface area contributed by atoms with Gasteiger partial charge in [0.15, 0.2) is 0 Å². The molecule has 2 aromatic carbocycles. The first-order valence-corrected chi connectivity index (χ1v) is 9.93. The number of nitrogens with zero attached hydrogens (tertiary/aromatic N) is 1. The average Bonchev–Trinajstić information content (AvgIpc) is 3.16. The molecule has 1 saturated heterocycles. The van der Waals surface area contributed by atoms with E-state index in [0.29, 0.717) is 13.2 Å². The maximum absolute atomic E-state index is 5.82. The molecular formula is C23H31NO2. The molecule has 2 aromatic rings. The lowest BCUT2D eigenvalue weighted by molar-refractivity contribution is 0.247. The van der Waals surface area contributed by atoms with Crippen LogP contribution in [0.3, 0.4) is 0 Å². The average molecular weight is 354 g/mol. The van der Waals surface area contributed by atoms with Crippen molar-refractivity contribution in [2.45, 2.75) is 39.0 Å². The van der Waals surface area contributed by atoms with E-state index in [4.69, 9.17) is 9.47 Å². The largest absolute Gasteiger partial charge is 0.493 e. The minimum Gasteiger partial charge on any atom is -0.493 e. The molecule has 26 heavy (non-hydrogen) atoms. The summed E-state index contributed by atoms with van der Waals surface area (Å²) in [4.78, 5) is 2.58. The fourth-order valence-corrected chi connectivity index (χ4v) is 3.41. The summed E-state index contributed by atoms with van der Waals surface area (Å²) < 4.78 is 11.6. The Labute approximate surface area is 157 Å². The van der Waals surface area contributed by atoms with Crippen LogP contribution in [0.2, 0.25) is 0 Å². The maximum atomic E-state index is 5.82. The van der Waals surface area contributed by atoms with E-state index in [0.717, 1.165) is 24.3 Å². The number of ether oxygens (including phenoxy) is 2. The predicted octanol–water partition coefficient (Wildman–Crippen LogP) is 4.87. The van der Waals surface area contributed by atoms with E-state index in [9.17, 15) is 0 Å². The van der Waals surface area contributed by atoms with Gasteiger partial charge in [0.1, 0.15) is 11.5 Å². The third-order valence-electron chi connectivity index (χ3n) is 4.88. The topological polar surface area (TPSA) is 21.7 Å². The third kappa shape index (κ3) is 6.38. The van der Waals surface area contributed by atoms with Gasteiger partial charge in [-0.2, -0.15) is 0 Å². The van der Waals surface area contributed by atoms with Crippen LogP contribution >= 0.6 is 0 Å². The van der Waals surface area contributed by atoms with Crippen molar-refractivity contribution in [3.63, 3.8) is 0 Å². The Morgan fingerprint density at radius 1 is 0.846 bits per heavy atom. The molecule has 0 N–H and O–H groups in total. The first-order valence-electron chi connectivity index (χ1n) is 9.93. The summed E-state index contributed by atoms with van der Waals surface area (Å²) in [5.74, 6) is 1.88. The molecule has 0 radical (unpaired) electrons. The second-order valence-corrected chi connectivity index (χ2v) is 7.16. The molecule has 140 valence electrons. The van der Waals surface area contributed by atoms with Crippen LogP contribution in [0.5, 0.6) is 11.5 Å². The van der Waals surface area contributed by atoms with Gasteiger partial charge in [-0.25, -0.2) is 0 Å². The van der Waals surface area contributed by atoms with Gasteiger partial charge in [0.05, 0.1) is 13.2 Å². The summed E-state index contributed by atoms with van der Waals surface area (Å²) in [5.41, 5.74) is 2.62. The van der Waals surface area contributed by atoms with Crippen molar-refractivity contribution in [2.24, 2.45) is 0 Å². The zero-order valence-electron chi connectivity index (χ0n) is 16.0. The van der Waals surface area contributed by atoms with Crippen molar-refractivity contribution in [2.75, 3.05) is 32.8 Å². The SMILES string of the molecule is Cc1cccc(OCCCOc2ccc(CCCN3CCCC3)cc2)c1. The lowest BCUT2D eigenvalue weighted by atomic mass is 10.1. The van der Waals surface area contributed by atoms with Crippen LogP contribution in [0.15, 0.2) is 48.5 Å². The first kappa shape index (κ1) is 18.8. The molecule has 0 atom stereocenters. The summed E-state index contributed by atoms with van der Waals surface area (Å²) in [7, 11) is 0. The molecule has 3 nitrogen and oxygen atoms in total. The second-order valence-electron chi connectivity index (χ2n) is 7.16. The summed E-state index contributed by atoms with van der Waals surface area (Å²) in [5, 5.41) is 0. The Morgan fingerprint density at radius 3 is 2.31 bits per heavy atom. The van der Waals surface area contributed by atoms with Crippen LogP contribution < -0.4 is 9.47 Å². The number of aryl methyl sites for hydroxylation is 2. The Morgan fingerprint density at radius 2 is 1.58 bits per heavy atom. The Hall–Kier alpha value is -2.00. The minimum atomic E-state index is 0.679. The summed E-state index contributed by atoms with van der Waals surface area (Å²) >= 11 is 0. The molecule has 1 heterocycles. The smallest absolute Gasteiger partial charge is 0.119 e. The molecule has 3 heteroatoms. The van der Waals surface area contributed by atoms with Crippen LogP contribution in [0.25, 0.3) is 0 Å². The first-order chi connectivity index (χ1) is 12.8. The van der Waals surface area contributed by atoms with Crippen LogP contribution in [0.4, 0.5) is 0 Å². The standard InChI is InChI=1S/C23H31NO2/c1-20-7-4-9-23(19-20)26-18-6-17-25-22-12-10-21(11-13-22)8-5-16-24-14-2-3-15-24/h4,7,9-13,19H,2-3,5-6,8,14-18H2,1H3. The maximum Gasteiger partial charge on any atom is 0.119 e. The molecule has 1 fully saturated rings. The van der Waals surface area contributed by atoms with Crippen LogP contribution in [-0.4, -0.2) is 37.7 Å². The molecule has 1 aliphatic rings. The monoisotopic (exact) mass is 353 g/mol. The fraction of sp³-hybridized carbons (Fsp3) is 0.478. The molecule has 3 rings (SSSR count). The third-order valence-corrected chi connectivity index (χ3v) is 4.88. The van der Waals surface area contributed by atoms with Gasteiger partial charge in [0, 0.05) is 6.42 Å². The lowest BCUT2D eigenvalue weighted by Crippen LogP contribution is -2.20. The van der Waals surface area contributed by atoms with Gasteiger partial charge in [-0.15, -0.1) is 0 Å². The number of hydrogen-bond donors (Lipinski definition) is 0. The van der Waals surface area contributed by atoms with Gasteiger partial charge < -0.3 is 14.4 Å². The van der Waals surface area contributed by atoms with E-state index in [1.165, 1.54) is 50.0 Å². The van der Waals surface area contributed by atoms with E-state index in [2.05, 4.69) is 48.2 Å². The molecule has 0 spiro atoms. The highest BCUT2D eigenvalue weighted by Crippen LogP contribution is 2.16. The van der Waals surface area contributed by atoms with Crippen LogP contribution in [-0.2, 0) is 6.42 Å². The summed E-state index contributed by atoms with van der Waals surface area (Å²) in [6.45, 7) is 7.25. The van der Waals surface area contributed by atoms with E-state index < -0.39 is 0 Å². The van der Waals surface area contributed by atoms with Crippen LogP contribution in [0.1, 0.15) is 36.8 Å². The van der Waals surface area contributed by atoms with Crippen molar-refractivity contribution in [3.05, 3.63) is 59.7 Å². The lowest BCUT2D eigenvalue weighted by Gasteiger charge is -2.14. The number of likely N-dealkylation sites (tertiary alicyclic amines) is 1. The molecule has 0 bridgehead atoms. The summed E-state index contributed by atoms with van der Waals surface area (Å²) in [6, 6.07) is 16.7. The molecule has 0 aliphatic carbocycles. The van der Waals surface area contributed by atoms with E-state index >= 15 is 0 Å².